The summed E-state index contributed by atoms with van der Waals surface area (Å²) in [6.07, 6.45) is 2.90. The van der Waals surface area contributed by atoms with Gasteiger partial charge in [-0.3, -0.25) is 9.18 Å². The van der Waals surface area contributed by atoms with E-state index in [2.05, 4.69) is 6.92 Å². The fraction of sp³-hybridized carbons (Fsp3) is 0.857. The van der Waals surface area contributed by atoms with Gasteiger partial charge in [0, 0.05) is 6.92 Å². The van der Waals surface area contributed by atoms with Crippen LogP contribution in [0.3, 0.4) is 0 Å². The normalized spacial score (nSPS) is 7.90. The van der Waals surface area contributed by atoms with Crippen LogP contribution in [0, 0.1) is 0 Å². The topological polar surface area (TPSA) is 37.3 Å². The van der Waals surface area contributed by atoms with Crippen molar-refractivity contribution in [3.05, 3.63) is 0 Å². The molecule has 0 rings (SSSR count). The zero-order valence-corrected chi connectivity index (χ0v) is 6.56. The highest BCUT2D eigenvalue weighted by Crippen LogP contribution is 1.91. The lowest BCUT2D eigenvalue weighted by molar-refractivity contribution is -0.134. The highest BCUT2D eigenvalue weighted by molar-refractivity contribution is 5.62. The van der Waals surface area contributed by atoms with E-state index >= 15 is 0 Å². The van der Waals surface area contributed by atoms with Crippen LogP contribution < -0.4 is 0 Å². The van der Waals surface area contributed by atoms with Gasteiger partial charge in [-0.15, -0.1) is 0 Å². The van der Waals surface area contributed by atoms with E-state index in [1.807, 2.05) is 0 Å². The highest BCUT2D eigenvalue weighted by atomic mass is 19.1. The Hall–Kier alpha value is -0.600. The van der Waals surface area contributed by atoms with Gasteiger partial charge in [0.15, 0.2) is 0 Å². The molecule has 0 aromatic rings. The van der Waals surface area contributed by atoms with Crippen molar-refractivity contribution in [1.82, 2.24) is 0 Å². The Morgan fingerprint density at radius 2 is 1.90 bits per heavy atom. The predicted octanol–water partition coefficient (Wildman–Crippen LogP) is 2.24. The van der Waals surface area contributed by atoms with E-state index in [0.717, 1.165) is 26.2 Å². The zero-order chi connectivity index (χ0) is 8.41. The number of halogens is 1. The number of hydrogen-bond donors (Lipinski definition) is 1. The third-order valence-electron chi connectivity index (χ3n) is 0.737. The minimum Gasteiger partial charge on any atom is -0.481 e. The van der Waals surface area contributed by atoms with Gasteiger partial charge >= 0.3 is 0 Å². The van der Waals surface area contributed by atoms with Gasteiger partial charge in [0.1, 0.15) is 0 Å². The lowest BCUT2D eigenvalue weighted by atomic mass is 10.3. The molecule has 0 radical (unpaired) electrons. The second-order valence-electron chi connectivity index (χ2n) is 1.92. The number of alkyl halides is 1. The van der Waals surface area contributed by atoms with Crippen molar-refractivity contribution in [2.75, 3.05) is 6.67 Å². The molecular weight excluding hydrogens is 135 g/mol. The zero-order valence-electron chi connectivity index (χ0n) is 6.56. The second-order valence-corrected chi connectivity index (χ2v) is 1.92. The summed E-state index contributed by atoms with van der Waals surface area (Å²) < 4.78 is 11.2. The van der Waals surface area contributed by atoms with Crippen molar-refractivity contribution in [3.8, 4) is 0 Å². The molecule has 0 saturated heterocycles. The number of rotatable bonds is 3. The third-order valence-corrected chi connectivity index (χ3v) is 0.737. The van der Waals surface area contributed by atoms with E-state index in [0.29, 0.717) is 0 Å². The number of hydrogen-bond acceptors (Lipinski definition) is 1. The summed E-state index contributed by atoms with van der Waals surface area (Å²) in [5.41, 5.74) is 0. The number of aliphatic carboxylic acids is 1. The molecule has 0 atom stereocenters. The van der Waals surface area contributed by atoms with Crippen molar-refractivity contribution in [3.63, 3.8) is 0 Å². The van der Waals surface area contributed by atoms with E-state index in [1.165, 1.54) is 0 Å². The van der Waals surface area contributed by atoms with Crippen molar-refractivity contribution in [2.45, 2.75) is 33.1 Å². The molecule has 10 heavy (non-hydrogen) atoms. The standard InChI is InChI=1S/C5H11F.C2H4O2/c1-2-3-4-5-6;1-2(3)4/h2-5H2,1H3;1H3,(H,3,4). The lowest BCUT2D eigenvalue weighted by Crippen LogP contribution is -1.78. The molecule has 0 saturated carbocycles. The fourth-order valence-corrected chi connectivity index (χ4v) is 0.344. The third kappa shape index (κ3) is 52.6. The maximum absolute atomic E-state index is 11.2. The van der Waals surface area contributed by atoms with Gasteiger partial charge in [0.05, 0.1) is 6.67 Å². The minimum absolute atomic E-state index is 0.145. The summed E-state index contributed by atoms with van der Waals surface area (Å²) in [6.45, 7) is 3.00. The predicted molar refractivity (Wildman–Crippen MR) is 38.8 cm³/mol. The number of unbranched alkanes of at least 4 members (excludes halogenated alkanes) is 2. The van der Waals surface area contributed by atoms with Gasteiger partial charge in [-0.2, -0.15) is 0 Å². The maximum atomic E-state index is 11.2. The van der Waals surface area contributed by atoms with Gasteiger partial charge in [0.2, 0.25) is 0 Å². The molecule has 0 aliphatic carbocycles. The Morgan fingerprint density at radius 1 is 1.50 bits per heavy atom. The molecule has 1 N–H and O–H groups in total. The number of carbonyl (C=O) groups is 1. The second kappa shape index (κ2) is 11.2. The summed E-state index contributed by atoms with van der Waals surface area (Å²) in [4.78, 5) is 9.00. The Balaban J connectivity index is 0. The molecule has 0 spiro atoms. The monoisotopic (exact) mass is 150 g/mol. The molecule has 0 amide bonds. The summed E-state index contributed by atoms with van der Waals surface area (Å²) in [6, 6.07) is 0. The fourth-order valence-electron chi connectivity index (χ4n) is 0.344. The van der Waals surface area contributed by atoms with Crippen molar-refractivity contribution in [1.29, 1.82) is 0 Å². The molecular formula is C7H15FO2. The van der Waals surface area contributed by atoms with E-state index in [-0.39, 0.29) is 6.67 Å². The lowest BCUT2D eigenvalue weighted by Gasteiger charge is -1.84. The number of carboxylic acids is 1. The van der Waals surface area contributed by atoms with E-state index in [9.17, 15) is 4.39 Å². The Kier molecular flexibility index (Phi) is 13.6. The largest absolute Gasteiger partial charge is 0.481 e. The molecule has 0 bridgehead atoms. The summed E-state index contributed by atoms with van der Waals surface area (Å²) in [5, 5.41) is 7.42. The first-order valence-electron chi connectivity index (χ1n) is 3.40. The van der Waals surface area contributed by atoms with E-state index < -0.39 is 5.97 Å². The molecule has 0 aliphatic rings. The van der Waals surface area contributed by atoms with Crippen LogP contribution in [0.1, 0.15) is 33.1 Å². The van der Waals surface area contributed by atoms with Gasteiger partial charge < -0.3 is 5.11 Å². The molecule has 0 aromatic heterocycles. The SMILES string of the molecule is CC(=O)O.CCCCCF. The molecule has 3 heteroatoms. The molecule has 0 aliphatic heterocycles. The van der Waals surface area contributed by atoms with Crippen LogP contribution in [0.5, 0.6) is 0 Å². The minimum atomic E-state index is -0.833. The van der Waals surface area contributed by atoms with Gasteiger partial charge in [-0.25, -0.2) is 0 Å². The Labute approximate surface area is 61.1 Å². The van der Waals surface area contributed by atoms with Crippen LogP contribution in [-0.4, -0.2) is 17.8 Å². The van der Waals surface area contributed by atoms with Crippen LogP contribution in [0.4, 0.5) is 4.39 Å². The molecule has 2 nitrogen and oxygen atoms in total. The van der Waals surface area contributed by atoms with Crippen LogP contribution in [-0.2, 0) is 4.79 Å². The summed E-state index contributed by atoms with van der Waals surface area (Å²) in [7, 11) is 0. The average molecular weight is 150 g/mol. The van der Waals surface area contributed by atoms with Gasteiger partial charge in [-0.1, -0.05) is 19.8 Å². The smallest absolute Gasteiger partial charge is 0.300 e. The van der Waals surface area contributed by atoms with E-state index in [1.54, 1.807) is 0 Å². The van der Waals surface area contributed by atoms with Crippen molar-refractivity contribution >= 4 is 5.97 Å². The quantitative estimate of drug-likeness (QED) is 0.626. The van der Waals surface area contributed by atoms with Crippen molar-refractivity contribution < 1.29 is 14.3 Å². The summed E-state index contributed by atoms with van der Waals surface area (Å²) >= 11 is 0. The van der Waals surface area contributed by atoms with Crippen LogP contribution >= 0.6 is 0 Å². The first-order valence-corrected chi connectivity index (χ1v) is 3.40. The highest BCUT2D eigenvalue weighted by Gasteiger charge is 1.78. The average Bonchev–Trinajstić information content (AvgIpc) is 1.82. The van der Waals surface area contributed by atoms with Gasteiger partial charge in [0.25, 0.3) is 5.97 Å². The van der Waals surface area contributed by atoms with Crippen molar-refractivity contribution in [2.24, 2.45) is 0 Å². The first kappa shape index (κ1) is 12.1. The van der Waals surface area contributed by atoms with Crippen LogP contribution in [0.25, 0.3) is 0 Å². The Bertz CT molecular complexity index is 66.0. The summed E-state index contributed by atoms with van der Waals surface area (Å²) in [5.74, 6) is -0.833. The number of carboxylic acid groups (broad SMARTS) is 1. The Morgan fingerprint density at radius 3 is 2.00 bits per heavy atom. The molecule has 62 valence electrons. The van der Waals surface area contributed by atoms with Crippen LogP contribution in [0.15, 0.2) is 0 Å². The van der Waals surface area contributed by atoms with Crippen LogP contribution in [0.2, 0.25) is 0 Å². The molecule has 0 fully saturated rings. The van der Waals surface area contributed by atoms with Gasteiger partial charge in [-0.05, 0) is 6.42 Å². The molecule has 0 aromatic carbocycles. The maximum Gasteiger partial charge on any atom is 0.300 e. The van der Waals surface area contributed by atoms with E-state index in [4.69, 9.17) is 9.90 Å². The molecule has 0 heterocycles. The first-order chi connectivity index (χ1) is 4.65. The molecule has 0 unspecified atom stereocenters.